The Hall–Kier alpha value is -0.950. The van der Waals surface area contributed by atoms with Crippen molar-refractivity contribution in [3.05, 3.63) is 30.3 Å². The fraction of sp³-hybridized carbons (Fsp3) is 0.684. The van der Waals surface area contributed by atoms with E-state index in [0.717, 1.165) is 45.3 Å². The second kappa shape index (κ2) is 7.74. The molecule has 6 heteroatoms. The summed E-state index contributed by atoms with van der Waals surface area (Å²) in [5.74, 6) is 0.596. The zero-order chi connectivity index (χ0) is 17.9. The van der Waals surface area contributed by atoms with E-state index >= 15 is 0 Å². The van der Waals surface area contributed by atoms with Crippen molar-refractivity contribution in [2.45, 2.75) is 56.1 Å². The minimum absolute atomic E-state index is 0.165. The first kappa shape index (κ1) is 18.8. The van der Waals surface area contributed by atoms with Crippen molar-refractivity contribution >= 4 is 10.0 Å². The fourth-order valence-electron chi connectivity index (χ4n) is 4.15. The van der Waals surface area contributed by atoms with Crippen LogP contribution in [0.15, 0.2) is 35.2 Å². The van der Waals surface area contributed by atoms with Crippen LogP contribution in [-0.2, 0) is 14.8 Å². The van der Waals surface area contributed by atoms with Crippen LogP contribution in [0.1, 0.15) is 39.5 Å². The Kier molecular flexibility index (Phi) is 5.83. The molecule has 0 amide bonds. The van der Waals surface area contributed by atoms with Crippen molar-refractivity contribution in [1.82, 2.24) is 9.62 Å². The summed E-state index contributed by atoms with van der Waals surface area (Å²) in [6.45, 7) is 7.89. The van der Waals surface area contributed by atoms with E-state index in [1.165, 1.54) is 0 Å². The van der Waals surface area contributed by atoms with E-state index in [2.05, 4.69) is 23.5 Å². The lowest BCUT2D eigenvalue weighted by atomic mass is 9.79. The van der Waals surface area contributed by atoms with Gasteiger partial charge in [0.15, 0.2) is 0 Å². The molecule has 2 fully saturated rings. The molecule has 5 nitrogen and oxygen atoms in total. The van der Waals surface area contributed by atoms with Crippen LogP contribution in [0, 0.1) is 5.92 Å². The molecule has 0 unspecified atom stereocenters. The van der Waals surface area contributed by atoms with Crippen LogP contribution < -0.4 is 4.72 Å². The second-order valence-electron chi connectivity index (χ2n) is 7.77. The first-order chi connectivity index (χ1) is 11.9. The number of ether oxygens (including phenoxy) is 1. The Morgan fingerprint density at radius 2 is 2.04 bits per heavy atom. The van der Waals surface area contributed by atoms with Gasteiger partial charge < -0.3 is 4.74 Å². The van der Waals surface area contributed by atoms with Gasteiger partial charge in [0.05, 0.1) is 23.1 Å². The van der Waals surface area contributed by atoms with Crippen LogP contribution >= 0.6 is 0 Å². The van der Waals surface area contributed by atoms with E-state index in [1.807, 2.05) is 6.07 Å². The third-order valence-corrected chi connectivity index (χ3v) is 6.73. The molecule has 0 aromatic heterocycles. The van der Waals surface area contributed by atoms with Gasteiger partial charge in [-0.15, -0.1) is 0 Å². The van der Waals surface area contributed by atoms with E-state index in [-0.39, 0.29) is 6.04 Å². The second-order valence-corrected chi connectivity index (χ2v) is 9.49. The Morgan fingerprint density at radius 3 is 2.76 bits per heavy atom. The largest absolute Gasteiger partial charge is 0.371 e. The summed E-state index contributed by atoms with van der Waals surface area (Å²) in [6, 6.07) is 8.46. The monoisotopic (exact) mass is 366 g/mol. The average molecular weight is 367 g/mol. The Morgan fingerprint density at radius 1 is 1.28 bits per heavy atom. The van der Waals surface area contributed by atoms with E-state index < -0.39 is 15.6 Å². The molecule has 1 aliphatic heterocycles. The Labute approximate surface area is 151 Å². The molecular weight excluding hydrogens is 336 g/mol. The fourth-order valence-corrected chi connectivity index (χ4v) is 5.51. The molecule has 1 saturated carbocycles. The van der Waals surface area contributed by atoms with Gasteiger partial charge in [-0.25, -0.2) is 13.1 Å². The summed E-state index contributed by atoms with van der Waals surface area (Å²) < 4.78 is 34.8. The maximum atomic E-state index is 12.8. The highest BCUT2D eigenvalue weighted by Gasteiger charge is 2.46. The molecule has 1 heterocycles. The van der Waals surface area contributed by atoms with Crippen LogP contribution in [0.25, 0.3) is 0 Å². The van der Waals surface area contributed by atoms with Crippen LogP contribution in [0.4, 0.5) is 0 Å². The Balaban J connectivity index is 1.79. The SMILES string of the molecule is CC(C)CN1CCO[C@@]2(CCCC[C@H]2NS(=O)(=O)c2ccccc2)C1. The Bertz CT molecular complexity index is 659. The molecule has 0 radical (unpaired) electrons. The third-order valence-electron chi connectivity index (χ3n) is 5.24. The van der Waals surface area contributed by atoms with Gasteiger partial charge in [-0.2, -0.15) is 0 Å². The van der Waals surface area contributed by atoms with Gasteiger partial charge in [-0.05, 0) is 30.9 Å². The van der Waals surface area contributed by atoms with E-state index in [1.54, 1.807) is 24.3 Å². The highest BCUT2D eigenvalue weighted by Crippen LogP contribution is 2.36. The van der Waals surface area contributed by atoms with Crippen molar-refractivity contribution in [1.29, 1.82) is 0 Å². The summed E-state index contributed by atoms with van der Waals surface area (Å²) in [5, 5.41) is 0. The van der Waals surface area contributed by atoms with Crippen LogP contribution in [-0.4, -0.2) is 51.2 Å². The van der Waals surface area contributed by atoms with Gasteiger partial charge >= 0.3 is 0 Å². The molecule has 1 aliphatic carbocycles. The highest BCUT2D eigenvalue weighted by molar-refractivity contribution is 7.89. The molecule has 2 atom stereocenters. The molecule has 25 heavy (non-hydrogen) atoms. The van der Waals surface area contributed by atoms with Gasteiger partial charge in [-0.3, -0.25) is 4.90 Å². The van der Waals surface area contributed by atoms with Crippen molar-refractivity contribution in [2.75, 3.05) is 26.2 Å². The van der Waals surface area contributed by atoms with Crippen molar-refractivity contribution in [2.24, 2.45) is 5.92 Å². The number of hydrogen-bond donors (Lipinski definition) is 1. The normalized spacial score (nSPS) is 28.5. The summed E-state index contributed by atoms with van der Waals surface area (Å²) >= 11 is 0. The molecule has 1 N–H and O–H groups in total. The maximum absolute atomic E-state index is 12.8. The van der Waals surface area contributed by atoms with E-state index in [4.69, 9.17) is 4.74 Å². The van der Waals surface area contributed by atoms with Gasteiger partial charge in [0, 0.05) is 19.6 Å². The van der Waals surface area contributed by atoms with Gasteiger partial charge in [0.2, 0.25) is 10.0 Å². The molecule has 3 rings (SSSR count). The van der Waals surface area contributed by atoms with Crippen LogP contribution in [0.3, 0.4) is 0 Å². The number of nitrogens with one attached hydrogen (secondary N) is 1. The van der Waals surface area contributed by atoms with Crippen molar-refractivity contribution in [3.8, 4) is 0 Å². The summed E-state index contributed by atoms with van der Waals surface area (Å²) in [6.07, 6.45) is 3.89. The van der Waals surface area contributed by atoms with Crippen molar-refractivity contribution in [3.63, 3.8) is 0 Å². The lowest BCUT2D eigenvalue weighted by Crippen LogP contribution is -2.64. The van der Waals surface area contributed by atoms with E-state index in [9.17, 15) is 8.42 Å². The summed E-state index contributed by atoms with van der Waals surface area (Å²) in [7, 11) is -3.52. The molecule has 0 bridgehead atoms. The molecule has 2 aliphatic rings. The standard InChI is InChI=1S/C19H30N2O3S/c1-16(2)14-21-12-13-24-19(15-21)11-7-6-10-18(19)20-25(22,23)17-8-4-3-5-9-17/h3-5,8-9,16,18,20H,6-7,10-15H2,1-2H3/t18-,19+/m1/s1. The molecule has 1 saturated heterocycles. The predicted molar refractivity (Wildman–Crippen MR) is 99.0 cm³/mol. The minimum Gasteiger partial charge on any atom is -0.371 e. The van der Waals surface area contributed by atoms with E-state index in [0.29, 0.717) is 17.4 Å². The topological polar surface area (TPSA) is 58.6 Å². The zero-order valence-corrected chi connectivity index (χ0v) is 16.1. The van der Waals surface area contributed by atoms with Crippen LogP contribution in [0.2, 0.25) is 0 Å². The number of morpholine rings is 1. The lowest BCUT2D eigenvalue weighted by molar-refractivity contribution is -0.141. The number of benzene rings is 1. The van der Waals surface area contributed by atoms with Crippen LogP contribution in [0.5, 0.6) is 0 Å². The maximum Gasteiger partial charge on any atom is 0.240 e. The predicted octanol–water partition coefficient (Wildman–Crippen LogP) is 2.63. The lowest BCUT2D eigenvalue weighted by Gasteiger charge is -2.49. The molecular formula is C19H30N2O3S. The minimum atomic E-state index is -3.52. The quantitative estimate of drug-likeness (QED) is 0.870. The number of hydrogen-bond acceptors (Lipinski definition) is 4. The molecule has 1 spiro atoms. The smallest absolute Gasteiger partial charge is 0.240 e. The highest BCUT2D eigenvalue weighted by atomic mass is 32.2. The van der Waals surface area contributed by atoms with Crippen molar-refractivity contribution < 1.29 is 13.2 Å². The number of rotatable bonds is 5. The van der Waals surface area contributed by atoms with Gasteiger partial charge in [0.25, 0.3) is 0 Å². The number of nitrogens with zero attached hydrogens (tertiary/aromatic N) is 1. The molecule has 1 aromatic rings. The average Bonchev–Trinajstić information content (AvgIpc) is 2.57. The zero-order valence-electron chi connectivity index (χ0n) is 15.3. The summed E-state index contributed by atoms with van der Waals surface area (Å²) in [4.78, 5) is 2.76. The summed E-state index contributed by atoms with van der Waals surface area (Å²) in [5.41, 5.74) is -0.396. The molecule has 140 valence electrons. The first-order valence-electron chi connectivity index (χ1n) is 9.35. The number of sulfonamides is 1. The molecule has 1 aromatic carbocycles. The first-order valence-corrected chi connectivity index (χ1v) is 10.8. The van der Waals surface area contributed by atoms with Gasteiger partial charge in [0.1, 0.15) is 0 Å². The van der Waals surface area contributed by atoms with Gasteiger partial charge in [-0.1, -0.05) is 44.9 Å². The third kappa shape index (κ3) is 4.42.